The van der Waals surface area contributed by atoms with E-state index in [1.165, 1.54) is 4.31 Å². The Morgan fingerprint density at radius 1 is 1.00 bits per heavy atom. The highest BCUT2D eigenvalue weighted by Crippen LogP contribution is 2.18. The Balaban J connectivity index is 1.69. The van der Waals surface area contributed by atoms with E-state index in [1.54, 1.807) is 30.3 Å². The lowest BCUT2D eigenvalue weighted by Crippen LogP contribution is -2.30. The van der Waals surface area contributed by atoms with Crippen molar-refractivity contribution in [3.63, 3.8) is 0 Å². The summed E-state index contributed by atoms with van der Waals surface area (Å²) in [6.45, 7) is 6.81. The van der Waals surface area contributed by atoms with Gasteiger partial charge < -0.3 is 9.88 Å². The first-order valence-electron chi connectivity index (χ1n) is 9.98. The van der Waals surface area contributed by atoms with Crippen LogP contribution in [0.1, 0.15) is 35.3 Å². The quantitative estimate of drug-likeness (QED) is 0.598. The van der Waals surface area contributed by atoms with Crippen LogP contribution in [-0.4, -0.2) is 36.3 Å². The zero-order chi connectivity index (χ0) is 21.7. The lowest BCUT2D eigenvalue weighted by molar-refractivity contribution is 0.0951. The second kappa shape index (κ2) is 9.28. The molecule has 0 radical (unpaired) electrons. The third-order valence-electron chi connectivity index (χ3n) is 5.07. The number of benzene rings is 2. The van der Waals surface area contributed by atoms with E-state index in [9.17, 15) is 13.2 Å². The van der Waals surface area contributed by atoms with Gasteiger partial charge in [0, 0.05) is 43.3 Å². The predicted molar refractivity (Wildman–Crippen MR) is 118 cm³/mol. The Hall–Kier alpha value is -2.90. The molecule has 7 heteroatoms. The fraction of sp³-hybridized carbons (Fsp3) is 0.261. The fourth-order valence-corrected chi connectivity index (χ4v) is 4.76. The Kier molecular flexibility index (Phi) is 6.74. The molecule has 1 N–H and O–H groups in total. The zero-order valence-corrected chi connectivity index (χ0v) is 18.3. The SMILES string of the molecule is CCN(CC)S(=O)(=O)c1ccc(CNC(=O)c2ccc(C)c(-n3cccc3)c2)cc1. The molecule has 1 aromatic heterocycles. The molecule has 3 rings (SSSR count). The summed E-state index contributed by atoms with van der Waals surface area (Å²) in [7, 11) is -3.48. The summed E-state index contributed by atoms with van der Waals surface area (Å²) in [6.07, 6.45) is 3.88. The van der Waals surface area contributed by atoms with Crippen LogP contribution in [0, 0.1) is 6.92 Å². The summed E-state index contributed by atoms with van der Waals surface area (Å²) in [5.74, 6) is -0.178. The van der Waals surface area contributed by atoms with Crippen LogP contribution in [0.3, 0.4) is 0 Å². The Labute approximate surface area is 178 Å². The minimum atomic E-state index is -3.48. The molecule has 0 atom stereocenters. The number of sulfonamides is 1. The number of amides is 1. The summed E-state index contributed by atoms with van der Waals surface area (Å²) in [4.78, 5) is 12.9. The minimum Gasteiger partial charge on any atom is -0.348 e. The highest BCUT2D eigenvalue weighted by atomic mass is 32.2. The molecule has 1 amide bonds. The first kappa shape index (κ1) is 21.8. The number of hydrogen-bond acceptors (Lipinski definition) is 3. The van der Waals surface area contributed by atoms with Gasteiger partial charge in [-0.15, -0.1) is 0 Å². The maximum absolute atomic E-state index is 12.6. The second-order valence-electron chi connectivity index (χ2n) is 7.01. The molecule has 0 unspecified atom stereocenters. The van der Waals surface area contributed by atoms with Crippen molar-refractivity contribution in [2.24, 2.45) is 0 Å². The van der Waals surface area contributed by atoms with Crippen LogP contribution < -0.4 is 5.32 Å². The van der Waals surface area contributed by atoms with E-state index in [0.29, 0.717) is 25.2 Å². The molecule has 158 valence electrons. The monoisotopic (exact) mass is 425 g/mol. The van der Waals surface area contributed by atoms with Crippen molar-refractivity contribution in [2.45, 2.75) is 32.2 Å². The number of hydrogen-bond donors (Lipinski definition) is 1. The van der Waals surface area contributed by atoms with Gasteiger partial charge >= 0.3 is 0 Å². The van der Waals surface area contributed by atoms with Gasteiger partial charge in [0.05, 0.1) is 4.90 Å². The average molecular weight is 426 g/mol. The molecule has 0 spiro atoms. The number of aryl methyl sites for hydroxylation is 1. The van der Waals surface area contributed by atoms with Crippen molar-refractivity contribution in [2.75, 3.05) is 13.1 Å². The predicted octanol–water partition coefficient (Wildman–Crippen LogP) is 3.75. The van der Waals surface area contributed by atoms with Gasteiger partial charge in [0.15, 0.2) is 0 Å². The van der Waals surface area contributed by atoms with Gasteiger partial charge in [0.25, 0.3) is 5.91 Å². The smallest absolute Gasteiger partial charge is 0.251 e. The summed E-state index contributed by atoms with van der Waals surface area (Å²) in [6, 6.07) is 16.1. The van der Waals surface area contributed by atoms with Gasteiger partial charge in [-0.05, 0) is 54.4 Å². The van der Waals surface area contributed by atoms with E-state index in [1.807, 2.05) is 62.0 Å². The van der Waals surface area contributed by atoms with Crippen molar-refractivity contribution >= 4 is 15.9 Å². The molecule has 0 aliphatic carbocycles. The third-order valence-corrected chi connectivity index (χ3v) is 7.14. The summed E-state index contributed by atoms with van der Waals surface area (Å²) < 4.78 is 28.5. The molecule has 30 heavy (non-hydrogen) atoms. The Morgan fingerprint density at radius 2 is 1.63 bits per heavy atom. The lowest BCUT2D eigenvalue weighted by atomic mass is 10.1. The number of nitrogens with one attached hydrogen (secondary N) is 1. The van der Waals surface area contributed by atoms with E-state index < -0.39 is 10.0 Å². The molecule has 0 saturated heterocycles. The van der Waals surface area contributed by atoms with Crippen LogP contribution in [0.2, 0.25) is 0 Å². The molecular weight excluding hydrogens is 398 g/mol. The van der Waals surface area contributed by atoms with Crippen LogP contribution in [0.15, 0.2) is 71.9 Å². The minimum absolute atomic E-state index is 0.178. The zero-order valence-electron chi connectivity index (χ0n) is 17.5. The molecule has 0 aliphatic rings. The van der Waals surface area contributed by atoms with Crippen LogP contribution in [-0.2, 0) is 16.6 Å². The molecule has 0 bridgehead atoms. The summed E-state index contributed by atoms with van der Waals surface area (Å²) in [5.41, 5.74) is 3.44. The lowest BCUT2D eigenvalue weighted by Gasteiger charge is -2.18. The van der Waals surface area contributed by atoms with Crippen molar-refractivity contribution in [1.82, 2.24) is 14.2 Å². The van der Waals surface area contributed by atoms with Gasteiger partial charge in [0.2, 0.25) is 10.0 Å². The summed E-state index contributed by atoms with van der Waals surface area (Å²) >= 11 is 0. The maximum Gasteiger partial charge on any atom is 0.251 e. The number of aromatic nitrogens is 1. The van der Waals surface area contributed by atoms with E-state index in [4.69, 9.17) is 0 Å². The van der Waals surface area contributed by atoms with Crippen molar-refractivity contribution in [3.8, 4) is 5.69 Å². The Morgan fingerprint density at radius 3 is 2.23 bits per heavy atom. The number of rotatable bonds is 8. The van der Waals surface area contributed by atoms with Crippen molar-refractivity contribution in [1.29, 1.82) is 0 Å². The number of carbonyl (C=O) groups is 1. The van der Waals surface area contributed by atoms with Crippen molar-refractivity contribution < 1.29 is 13.2 Å². The van der Waals surface area contributed by atoms with Gasteiger partial charge in [-0.2, -0.15) is 4.31 Å². The highest BCUT2D eigenvalue weighted by molar-refractivity contribution is 7.89. The molecular formula is C23H27N3O3S. The molecule has 0 fully saturated rings. The third kappa shape index (κ3) is 4.63. The van der Waals surface area contributed by atoms with Crippen LogP contribution in [0.5, 0.6) is 0 Å². The first-order valence-corrected chi connectivity index (χ1v) is 11.4. The molecule has 1 heterocycles. The normalized spacial score (nSPS) is 11.6. The van der Waals surface area contributed by atoms with Gasteiger partial charge in [-0.3, -0.25) is 4.79 Å². The standard InChI is InChI=1S/C23H27N3O3S/c1-4-26(5-2)30(28,29)21-12-9-19(10-13-21)17-24-23(27)20-11-8-18(3)22(16-20)25-14-6-7-15-25/h6-16H,4-5,17H2,1-3H3,(H,24,27). The first-order chi connectivity index (χ1) is 14.4. The van der Waals surface area contributed by atoms with Crippen LogP contribution in [0.25, 0.3) is 5.69 Å². The van der Waals surface area contributed by atoms with Gasteiger partial charge in [-0.1, -0.05) is 32.0 Å². The van der Waals surface area contributed by atoms with E-state index in [2.05, 4.69) is 5.32 Å². The Bertz CT molecular complexity index is 1100. The van der Waals surface area contributed by atoms with Gasteiger partial charge in [0.1, 0.15) is 0 Å². The van der Waals surface area contributed by atoms with Crippen molar-refractivity contribution in [3.05, 3.63) is 83.7 Å². The molecule has 6 nitrogen and oxygen atoms in total. The molecule has 2 aromatic carbocycles. The highest BCUT2D eigenvalue weighted by Gasteiger charge is 2.21. The average Bonchev–Trinajstić information content (AvgIpc) is 3.28. The number of carbonyl (C=O) groups excluding carboxylic acids is 1. The van der Waals surface area contributed by atoms with E-state index in [0.717, 1.165) is 16.8 Å². The largest absolute Gasteiger partial charge is 0.348 e. The topological polar surface area (TPSA) is 71.4 Å². The molecule has 0 saturated carbocycles. The van der Waals surface area contributed by atoms with Gasteiger partial charge in [-0.25, -0.2) is 8.42 Å². The second-order valence-corrected chi connectivity index (χ2v) is 8.95. The van der Waals surface area contributed by atoms with Crippen LogP contribution >= 0.6 is 0 Å². The van der Waals surface area contributed by atoms with E-state index >= 15 is 0 Å². The fourth-order valence-electron chi connectivity index (χ4n) is 3.30. The molecule has 3 aromatic rings. The maximum atomic E-state index is 12.6. The number of nitrogens with zero attached hydrogens (tertiary/aromatic N) is 2. The van der Waals surface area contributed by atoms with E-state index in [-0.39, 0.29) is 10.8 Å². The van der Waals surface area contributed by atoms with Crippen LogP contribution in [0.4, 0.5) is 0 Å². The molecule has 0 aliphatic heterocycles. The summed E-state index contributed by atoms with van der Waals surface area (Å²) in [5, 5.41) is 2.90.